The van der Waals surface area contributed by atoms with E-state index >= 15 is 0 Å². The monoisotopic (exact) mass is 304 g/mol. The lowest BCUT2D eigenvalue weighted by molar-refractivity contribution is -0.123. The summed E-state index contributed by atoms with van der Waals surface area (Å²) in [6.45, 7) is 1.78. The number of nitrogens with zero attached hydrogens (tertiary/aromatic N) is 1. The number of hydrogen-bond acceptors (Lipinski definition) is 4. The number of benzene rings is 1. The van der Waals surface area contributed by atoms with Gasteiger partial charge in [0.25, 0.3) is 0 Å². The number of aliphatic hydroxyl groups excluding tert-OH is 1. The minimum absolute atomic E-state index is 0.0143. The molecule has 2 aromatic rings. The average molecular weight is 304 g/mol. The zero-order valence-corrected chi connectivity index (χ0v) is 12.4. The van der Waals surface area contributed by atoms with Crippen molar-refractivity contribution >= 4 is 17.2 Å². The SMILES string of the molecule is Cc1csc(=O)n1CC(=O)N[C@H]1c2ccccc2C[C@H]1O. The second-order valence-corrected chi connectivity index (χ2v) is 6.07. The number of nitrogens with one attached hydrogen (secondary N) is 1. The lowest BCUT2D eigenvalue weighted by atomic mass is 10.1. The molecule has 0 saturated carbocycles. The normalized spacial score (nSPS) is 20.3. The van der Waals surface area contributed by atoms with Crippen LogP contribution in [0.25, 0.3) is 0 Å². The second-order valence-electron chi connectivity index (χ2n) is 5.24. The molecule has 0 radical (unpaired) electrons. The van der Waals surface area contributed by atoms with Crippen molar-refractivity contribution in [3.8, 4) is 0 Å². The van der Waals surface area contributed by atoms with Crippen molar-refractivity contribution in [1.29, 1.82) is 0 Å². The quantitative estimate of drug-likeness (QED) is 0.888. The minimum Gasteiger partial charge on any atom is -0.390 e. The fourth-order valence-electron chi connectivity index (χ4n) is 2.71. The molecular formula is C15H16N2O3S. The Morgan fingerprint density at radius 3 is 2.95 bits per heavy atom. The van der Waals surface area contributed by atoms with Gasteiger partial charge < -0.3 is 10.4 Å². The molecule has 0 spiro atoms. The molecule has 2 atom stereocenters. The fourth-order valence-corrected chi connectivity index (χ4v) is 3.44. The van der Waals surface area contributed by atoms with Crippen molar-refractivity contribution in [2.75, 3.05) is 0 Å². The molecule has 21 heavy (non-hydrogen) atoms. The number of thiazole rings is 1. The van der Waals surface area contributed by atoms with Gasteiger partial charge in [-0.15, -0.1) is 0 Å². The molecule has 0 unspecified atom stereocenters. The third-order valence-electron chi connectivity index (χ3n) is 3.80. The first-order valence-corrected chi connectivity index (χ1v) is 7.64. The van der Waals surface area contributed by atoms with E-state index < -0.39 is 12.1 Å². The number of amides is 1. The molecule has 1 amide bonds. The Morgan fingerprint density at radius 1 is 1.48 bits per heavy atom. The fraction of sp³-hybridized carbons (Fsp3) is 0.333. The molecule has 6 heteroatoms. The number of aromatic nitrogens is 1. The van der Waals surface area contributed by atoms with E-state index in [0.717, 1.165) is 28.2 Å². The molecule has 3 rings (SSSR count). The number of rotatable bonds is 3. The number of aryl methyl sites for hydroxylation is 1. The lowest BCUT2D eigenvalue weighted by Crippen LogP contribution is -2.37. The van der Waals surface area contributed by atoms with Crippen LogP contribution < -0.4 is 10.2 Å². The molecule has 1 aliphatic carbocycles. The van der Waals surface area contributed by atoms with Crippen molar-refractivity contribution < 1.29 is 9.90 Å². The standard InChI is InChI=1S/C15H16N2O3S/c1-9-8-21-15(20)17(9)7-13(19)16-14-11-5-3-2-4-10(11)6-12(14)18/h2-5,8,12,14,18H,6-7H2,1H3,(H,16,19)/t12-,14+/m1/s1. The van der Waals surface area contributed by atoms with Crippen LogP contribution in [0.3, 0.4) is 0 Å². The van der Waals surface area contributed by atoms with Crippen molar-refractivity contribution in [2.24, 2.45) is 0 Å². The largest absolute Gasteiger partial charge is 0.390 e. The Labute approximate surface area is 125 Å². The maximum Gasteiger partial charge on any atom is 0.307 e. The van der Waals surface area contributed by atoms with E-state index in [1.54, 1.807) is 12.3 Å². The summed E-state index contributed by atoms with van der Waals surface area (Å²) in [5, 5.41) is 14.7. The van der Waals surface area contributed by atoms with Crippen LogP contribution >= 0.6 is 11.3 Å². The van der Waals surface area contributed by atoms with Gasteiger partial charge in [-0.3, -0.25) is 14.2 Å². The molecule has 110 valence electrons. The molecule has 5 nitrogen and oxygen atoms in total. The summed E-state index contributed by atoms with van der Waals surface area (Å²) in [5.41, 5.74) is 2.78. The van der Waals surface area contributed by atoms with Gasteiger partial charge in [-0.2, -0.15) is 0 Å². The molecule has 0 fully saturated rings. The molecule has 0 bridgehead atoms. The minimum atomic E-state index is -0.619. The third kappa shape index (κ3) is 2.64. The maximum atomic E-state index is 12.1. The first-order chi connectivity index (χ1) is 10.1. The number of hydrogen-bond donors (Lipinski definition) is 2. The Hall–Kier alpha value is -1.92. The van der Waals surface area contributed by atoms with E-state index in [-0.39, 0.29) is 17.3 Å². The van der Waals surface area contributed by atoms with Gasteiger partial charge in [0.2, 0.25) is 5.91 Å². The van der Waals surface area contributed by atoms with Gasteiger partial charge in [0.15, 0.2) is 0 Å². The van der Waals surface area contributed by atoms with Gasteiger partial charge in [0, 0.05) is 17.5 Å². The lowest BCUT2D eigenvalue weighted by Gasteiger charge is -2.18. The third-order valence-corrected chi connectivity index (χ3v) is 4.68. The number of carbonyl (C=O) groups excluding carboxylic acids is 1. The Morgan fingerprint density at radius 2 is 2.24 bits per heavy atom. The van der Waals surface area contributed by atoms with Crippen LogP contribution in [0.1, 0.15) is 22.9 Å². The van der Waals surface area contributed by atoms with Crippen molar-refractivity contribution in [2.45, 2.75) is 32.0 Å². The van der Waals surface area contributed by atoms with Gasteiger partial charge in [0.1, 0.15) is 6.54 Å². The van der Waals surface area contributed by atoms with Crippen molar-refractivity contribution in [1.82, 2.24) is 9.88 Å². The van der Waals surface area contributed by atoms with E-state index in [4.69, 9.17) is 0 Å². The first kappa shape index (κ1) is 14.0. The highest BCUT2D eigenvalue weighted by Gasteiger charge is 2.31. The Bertz CT molecular complexity index is 735. The second kappa shape index (κ2) is 5.46. The van der Waals surface area contributed by atoms with Gasteiger partial charge in [-0.05, 0) is 18.1 Å². The highest BCUT2D eigenvalue weighted by molar-refractivity contribution is 7.07. The molecule has 1 aliphatic rings. The van der Waals surface area contributed by atoms with Crippen LogP contribution in [-0.2, 0) is 17.8 Å². The number of aliphatic hydroxyl groups is 1. The van der Waals surface area contributed by atoms with E-state index in [1.807, 2.05) is 24.3 Å². The molecule has 1 aromatic heterocycles. The summed E-state index contributed by atoms with van der Waals surface area (Å²) in [5.74, 6) is -0.264. The van der Waals surface area contributed by atoms with E-state index in [1.165, 1.54) is 4.57 Å². The van der Waals surface area contributed by atoms with Crippen molar-refractivity contribution in [3.63, 3.8) is 0 Å². The molecule has 0 aliphatic heterocycles. The summed E-state index contributed by atoms with van der Waals surface area (Å²) in [7, 11) is 0. The molecular weight excluding hydrogens is 288 g/mol. The van der Waals surface area contributed by atoms with Gasteiger partial charge in [-0.25, -0.2) is 0 Å². The van der Waals surface area contributed by atoms with Crippen LogP contribution in [0.5, 0.6) is 0 Å². The predicted octanol–water partition coefficient (Wildman–Crippen LogP) is 0.993. The summed E-state index contributed by atoms with van der Waals surface area (Å²) in [6, 6.07) is 7.29. The summed E-state index contributed by atoms with van der Waals surface area (Å²) in [6.07, 6.45) is -0.0786. The number of fused-ring (bicyclic) bond motifs is 1. The average Bonchev–Trinajstić information content (AvgIpc) is 2.93. The Balaban J connectivity index is 1.75. The zero-order chi connectivity index (χ0) is 15.0. The van der Waals surface area contributed by atoms with Gasteiger partial charge in [-0.1, -0.05) is 35.6 Å². The maximum absolute atomic E-state index is 12.1. The molecule has 1 aromatic carbocycles. The summed E-state index contributed by atoms with van der Waals surface area (Å²) < 4.78 is 1.44. The molecule has 0 saturated heterocycles. The van der Waals surface area contributed by atoms with Crippen LogP contribution in [0, 0.1) is 6.92 Å². The summed E-state index contributed by atoms with van der Waals surface area (Å²) in [4.78, 5) is 23.6. The van der Waals surface area contributed by atoms with Crippen LogP contribution in [0.15, 0.2) is 34.4 Å². The van der Waals surface area contributed by atoms with Gasteiger partial charge in [0.05, 0.1) is 12.1 Å². The van der Waals surface area contributed by atoms with Crippen LogP contribution in [-0.4, -0.2) is 21.7 Å². The first-order valence-electron chi connectivity index (χ1n) is 6.76. The van der Waals surface area contributed by atoms with Crippen LogP contribution in [0.2, 0.25) is 0 Å². The zero-order valence-electron chi connectivity index (χ0n) is 11.6. The van der Waals surface area contributed by atoms with Crippen LogP contribution in [0.4, 0.5) is 0 Å². The highest BCUT2D eigenvalue weighted by atomic mass is 32.1. The predicted molar refractivity (Wildman–Crippen MR) is 80.4 cm³/mol. The summed E-state index contributed by atoms with van der Waals surface area (Å²) >= 11 is 1.08. The van der Waals surface area contributed by atoms with E-state index in [2.05, 4.69) is 5.32 Å². The Kier molecular flexibility index (Phi) is 3.65. The smallest absolute Gasteiger partial charge is 0.307 e. The number of carbonyl (C=O) groups is 1. The van der Waals surface area contributed by atoms with E-state index in [0.29, 0.717) is 6.42 Å². The molecule has 1 heterocycles. The topological polar surface area (TPSA) is 71.3 Å². The van der Waals surface area contributed by atoms with Crippen molar-refractivity contribution in [3.05, 3.63) is 56.1 Å². The van der Waals surface area contributed by atoms with Gasteiger partial charge >= 0.3 is 4.87 Å². The highest BCUT2D eigenvalue weighted by Crippen LogP contribution is 2.31. The molecule has 2 N–H and O–H groups in total. The van der Waals surface area contributed by atoms with E-state index in [9.17, 15) is 14.7 Å².